The summed E-state index contributed by atoms with van der Waals surface area (Å²) in [5.74, 6) is 0.440. The number of ether oxygens (including phenoxy) is 1. The number of fused-ring (bicyclic) bond motifs is 3. The number of hydrogen-bond donors (Lipinski definition) is 0. The van der Waals surface area contributed by atoms with Crippen LogP contribution in [-0.4, -0.2) is 41.0 Å². The second-order valence-corrected chi connectivity index (χ2v) is 8.52. The maximum absolute atomic E-state index is 13.0. The van der Waals surface area contributed by atoms with Gasteiger partial charge in [0, 0.05) is 37.3 Å². The zero-order chi connectivity index (χ0) is 18.5. The molecule has 0 amide bonds. The molecule has 26 heavy (non-hydrogen) atoms. The Labute approximate surface area is 156 Å². The highest BCUT2D eigenvalue weighted by atomic mass is 35.5. The molecule has 0 radical (unpaired) electrons. The maximum atomic E-state index is 13.0. The minimum absolute atomic E-state index is 0.149. The van der Waals surface area contributed by atoms with E-state index in [1.54, 1.807) is 16.8 Å². The summed E-state index contributed by atoms with van der Waals surface area (Å²) in [5, 5.41) is 4.72. The Hall–Kier alpha value is -2.16. The lowest BCUT2D eigenvalue weighted by atomic mass is 10.1. The summed E-state index contributed by atoms with van der Waals surface area (Å²) < 4.78 is 34.3. The van der Waals surface area contributed by atoms with Crippen LogP contribution in [0.15, 0.2) is 35.4 Å². The largest absolute Gasteiger partial charge is 0.495 e. The predicted molar refractivity (Wildman–Crippen MR) is 97.0 cm³/mol. The van der Waals surface area contributed by atoms with E-state index in [4.69, 9.17) is 16.3 Å². The first-order valence-electron chi connectivity index (χ1n) is 8.07. The number of methoxy groups -OCH3 is 1. The highest BCUT2D eigenvalue weighted by Gasteiger charge is 2.30. The molecule has 0 spiro atoms. The fourth-order valence-electron chi connectivity index (χ4n) is 3.19. The summed E-state index contributed by atoms with van der Waals surface area (Å²) in [5.41, 5.74) is 3.52. The molecule has 3 heterocycles. The molecule has 1 aliphatic rings. The van der Waals surface area contributed by atoms with Gasteiger partial charge < -0.3 is 4.74 Å². The zero-order valence-corrected chi connectivity index (χ0v) is 15.9. The molecule has 136 valence electrons. The smallest absolute Gasteiger partial charge is 0.243 e. The molecule has 0 bridgehead atoms. The first kappa shape index (κ1) is 17.3. The molecule has 0 aliphatic carbocycles. The second kappa shape index (κ2) is 6.22. The van der Waals surface area contributed by atoms with Gasteiger partial charge in [0.05, 0.1) is 28.4 Å². The Morgan fingerprint density at radius 3 is 2.81 bits per heavy atom. The SMILES string of the molecule is COc1ccc(S(=O)(=O)N2CCc3c(cnc4cc(C)nn34)C2)cc1Cl. The monoisotopic (exact) mass is 392 g/mol. The summed E-state index contributed by atoms with van der Waals surface area (Å²) in [7, 11) is -2.18. The predicted octanol–water partition coefficient (Wildman–Crippen LogP) is 2.45. The minimum Gasteiger partial charge on any atom is -0.495 e. The van der Waals surface area contributed by atoms with Crippen LogP contribution in [0.5, 0.6) is 5.75 Å². The van der Waals surface area contributed by atoms with E-state index in [0.717, 1.165) is 22.6 Å². The van der Waals surface area contributed by atoms with Crippen molar-refractivity contribution in [1.29, 1.82) is 0 Å². The van der Waals surface area contributed by atoms with Crippen molar-refractivity contribution < 1.29 is 13.2 Å². The number of sulfonamides is 1. The highest BCUT2D eigenvalue weighted by molar-refractivity contribution is 7.89. The fraction of sp³-hybridized carbons (Fsp3) is 0.294. The molecule has 0 saturated carbocycles. The van der Waals surface area contributed by atoms with Gasteiger partial charge in [-0.3, -0.25) is 0 Å². The summed E-state index contributed by atoms with van der Waals surface area (Å²) in [6.07, 6.45) is 2.30. The van der Waals surface area contributed by atoms with Crippen LogP contribution in [0.4, 0.5) is 0 Å². The van der Waals surface area contributed by atoms with Gasteiger partial charge in [0.25, 0.3) is 0 Å². The topological polar surface area (TPSA) is 76.8 Å². The van der Waals surface area contributed by atoms with Crippen LogP contribution in [0.25, 0.3) is 5.65 Å². The van der Waals surface area contributed by atoms with Gasteiger partial charge in [-0.15, -0.1) is 0 Å². The van der Waals surface area contributed by atoms with E-state index in [1.807, 2.05) is 13.0 Å². The Morgan fingerprint density at radius 1 is 1.27 bits per heavy atom. The molecule has 0 unspecified atom stereocenters. The zero-order valence-electron chi connectivity index (χ0n) is 14.3. The van der Waals surface area contributed by atoms with E-state index < -0.39 is 10.0 Å². The third kappa shape index (κ3) is 2.74. The van der Waals surface area contributed by atoms with Crippen molar-refractivity contribution in [1.82, 2.24) is 18.9 Å². The van der Waals surface area contributed by atoms with Gasteiger partial charge >= 0.3 is 0 Å². The molecule has 1 aromatic carbocycles. The Bertz CT molecular complexity index is 1110. The average molecular weight is 393 g/mol. The highest BCUT2D eigenvalue weighted by Crippen LogP contribution is 2.30. The number of hydrogen-bond acceptors (Lipinski definition) is 5. The molecule has 9 heteroatoms. The number of rotatable bonds is 3. The summed E-state index contributed by atoms with van der Waals surface area (Å²) in [6.45, 7) is 2.54. The van der Waals surface area contributed by atoms with Crippen molar-refractivity contribution in [2.75, 3.05) is 13.7 Å². The van der Waals surface area contributed by atoms with Crippen LogP contribution < -0.4 is 4.74 Å². The van der Waals surface area contributed by atoms with E-state index in [2.05, 4.69) is 10.1 Å². The van der Waals surface area contributed by atoms with Crippen LogP contribution in [0.3, 0.4) is 0 Å². The molecular weight excluding hydrogens is 376 g/mol. The van der Waals surface area contributed by atoms with Gasteiger partial charge in [-0.2, -0.15) is 9.40 Å². The third-order valence-electron chi connectivity index (χ3n) is 4.50. The lowest BCUT2D eigenvalue weighted by molar-refractivity contribution is 0.383. The van der Waals surface area contributed by atoms with Crippen LogP contribution in [-0.2, 0) is 23.0 Å². The number of aryl methyl sites for hydroxylation is 1. The van der Waals surface area contributed by atoms with E-state index >= 15 is 0 Å². The van der Waals surface area contributed by atoms with Crippen molar-refractivity contribution in [3.63, 3.8) is 0 Å². The standard InChI is InChI=1S/C17H17ClN4O3S/c1-11-7-17-19-9-12-10-21(6-5-15(12)22(17)20-11)26(23,24)13-3-4-16(25-2)14(18)8-13/h3-4,7-9H,5-6,10H2,1-2H3. The van der Waals surface area contributed by atoms with E-state index in [9.17, 15) is 8.42 Å². The van der Waals surface area contributed by atoms with E-state index in [1.165, 1.54) is 23.5 Å². The molecule has 0 fully saturated rings. The van der Waals surface area contributed by atoms with Gasteiger partial charge in [-0.25, -0.2) is 17.9 Å². The van der Waals surface area contributed by atoms with Crippen molar-refractivity contribution >= 4 is 27.3 Å². The van der Waals surface area contributed by atoms with E-state index in [0.29, 0.717) is 18.7 Å². The number of benzene rings is 1. The molecule has 1 aliphatic heterocycles. The molecule has 2 aromatic heterocycles. The number of halogens is 1. The van der Waals surface area contributed by atoms with Crippen molar-refractivity contribution in [3.05, 3.63) is 52.4 Å². The van der Waals surface area contributed by atoms with Crippen LogP contribution in [0, 0.1) is 6.92 Å². The molecular formula is C17H17ClN4O3S. The summed E-state index contributed by atoms with van der Waals surface area (Å²) >= 11 is 6.09. The lowest BCUT2D eigenvalue weighted by Crippen LogP contribution is -2.37. The minimum atomic E-state index is -3.66. The average Bonchev–Trinajstić information content (AvgIpc) is 3.01. The summed E-state index contributed by atoms with van der Waals surface area (Å²) in [4.78, 5) is 4.53. The van der Waals surface area contributed by atoms with Gasteiger partial charge in [-0.05, 0) is 25.1 Å². The first-order chi connectivity index (χ1) is 12.4. The third-order valence-corrected chi connectivity index (χ3v) is 6.63. The molecule has 0 atom stereocenters. The fourth-order valence-corrected chi connectivity index (χ4v) is 4.96. The van der Waals surface area contributed by atoms with E-state index in [-0.39, 0.29) is 16.5 Å². The Balaban J connectivity index is 1.69. The van der Waals surface area contributed by atoms with Gasteiger partial charge in [0.2, 0.25) is 10.0 Å². The molecule has 0 saturated heterocycles. The van der Waals surface area contributed by atoms with Gasteiger partial charge in [-0.1, -0.05) is 11.6 Å². The quantitative estimate of drug-likeness (QED) is 0.684. The number of nitrogens with zero attached hydrogens (tertiary/aromatic N) is 4. The molecule has 0 N–H and O–H groups in total. The summed E-state index contributed by atoms with van der Waals surface area (Å²) in [6, 6.07) is 6.39. The Morgan fingerprint density at radius 2 is 2.08 bits per heavy atom. The van der Waals surface area contributed by atoms with Crippen LogP contribution >= 0.6 is 11.6 Å². The normalized spacial score (nSPS) is 15.2. The molecule has 7 nitrogen and oxygen atoms in total. The van der Waals surface area contributed by atoms with Crippen molar-refractivity contribution in [3.8, 4) is 5.75 Å². The lowest BCUT2D eigenvalue weighted by Gasteiger charge is -2.28. The maximum Gasteiger partial charge on any atom is 0.243 e. The Kier molecular flexibility index (Phi) is 4.13. The van der Waals surface area contributed by atoms with Gasteiger partial charge in [0.15, 0.2) is 5.65 Å². The van der Waals surface area contributed by atoms with Crippen LogP contribution in [0.2, 0.25) is 5.02 Å². The van der Waals surface area contributed by atoms with Crippen molar-refractivity contribution in [2.24, 2.45) is 0 Å². The second-order valence-electron chi connectivity index (χ2n) is 6.17. The molecule has 4 rings (SSSR count). The van der Waals surface area contributed by atoms with Gasteiger partial charge in [0.1, 0.15) is 5.75 Å². The first-order valence-corrected chi connectivity index (χ1v) is 9.89. The van der Waals surface area contributed by atoms with Crippen molar-refractivity contribution in [2.45, 2.75) is 24.8 Å². The van der Waals surface area contributed by atoms with Crippen LogP contribution in [0.1, 0.15) is 17.0 Å². The number of aromatic nitrogens is 3. The molecule has 3 aromatic rings.